The summed E-state index contributed by atoms with van der Waals surface area (Å²) in [6.45, 7) is 1.26. The van der Waals surface area contributed by atoms with E-state index in [1.165, 1.54) is 6.07 Å². The highest BCUT2D eigenvalue weighted by Crippen LogP contribution is 2.34. The molecule has 1 aliphatic rings. The zero-order chi connectivity index (χ0) is 14.2. The van der Waals surface area contributed by atoms with Gasteiger partial charge in [0.05, 0.1) is 30.4 Å². The third-order valence-corrected chi connectivity index (χ3v) is 3.33. The van der Waals surface area contributed by atoms with Gasteiger partial charge in [0, 0.05) is 30.3 Å². The average Bonchev–Trinajstić information content (AvgIpc) is 2.76. The van der Waals surface area contributed by atoms with Crippen molar-refractivity contribution < 1.29 is 13.9 Å². The summed E-state index contributed by atoms with van der Waals surface area (Å²) in [7, 11) is 0. The second-order valence-corrected chi connectivity index (χ2v) is 4.84. The Hall–Kier alpha value is -2.63. The number of imidazole rings is 1. The molecule has 0 atom stereocenters. The van der Waals surface area contributed by atoms with Crippen LogP contribution in [-0.4, -0.2) is 28.2 Å². The molecule has 0 spiro atoms. The Labute approximate surface area is 119 Å². The monoisotopic (exact) mass is 285 g/mol. The summed E-state index contributed by atoms with van der Waals surface area (Å²) >= 11 is 0. The van der Waals surface area contributed by atoms with Gasteiger partial charge < -0.3 is 14.5 Å². The predicted octanol–water partition coefficient (Wildman–Crippen LogP) is 2.93. The van der Waals surface area contributed by atoms with Gasteiger partial charge in [0.15, 0.2) is 11.5 Å². The maximum absolute atomic E-state index is 13.3. The summed E-state index contributed by atoms with van der Waals surface area (Å²) in [5.74, 6) is 1.57. The highest BCUT2D eigenvalue weighted by atomic mass is 19.1. The third-order valence-electron chi connectivity index (χ3n) is 3.33. The molecular formula is C15H12FN3O2. The molecule has 0 amide bonds. The number of rotatable bonds is 1. The summed E-state index contributed by atoms with van der Waals surface area (Å²) in [4.78, 5) is 11.5. The molecule has 21 heavy (non-hydrogen) atoms. The number of aromatic amines is 1. The van der Waals surface area contributed by atoms with E-state index < -0.39 is 5.82 Å². The molecule has 0 bridgehead atoms. The third kappa shape index (κ3) is 2.18. The van der Waals surface area contributed by atoms with Crippen LogP contribution in [-0.2, 0) is 0 Å². The van der Waals surface area contributed by atoms with Crippen molar-refractivity contribution >= 4 is 11.0 Å². The Balaban J connectivity index is 1.83. The first-order chi connectivity index (χ1) is 10.3. The topological polar surface area (TPSA) is 60.0 Å². The Kier molecular flexibility index (Phi) is 2.73. The SMILES string of the molecule is Fc1cncc(-c2nc3cc4c(cc3[nH]2)OCCCO4)c1. The highest BCUT2D eigenvalue weighted by molar-refractivity contribution is 5.83. The van der Waals surface area contributed by atoms with Crippen LogP contribution < -0.4 is 9.47 Å². The molecule has 0 saturated carbocycles. The number of ether oxygens (including phenoxy) is 2. The van der Waals surface area contributed by atoms with Crippen LogP contribution in [0.5, 0.6) is 11.5 Å². The lowest BCUT2D eigenvalue weighted by atomic mass is 10.3. The van der Waals surface area contributed by atoms with Gasteiger partial charge in [-0.1, -0.05) is 0 Å². The van der Waals surface area contributed by atoms with Gasteiger partial charge in [-0.25, -0.2) is 9.37 Å². The van der Waals surface area contributed by atoms with Gasteiger partial charge >= 0.3 is 0 Å². The fourth-order valence-electron chi connectivity index (χ4n) is 2.34. The summed E-state index contributed by atoms with van der Waals surface area (Å²) in [5.41, 5.74) is 2.17. The van der Waals surface area contributed by atoms with E-state index >= 15 is 0 Å². The molecule has 3 aromatic rings. The zero-order valence-corrected chi connectivity index (χ0v) is 11.1. The largest absolute Gasteiger partial charge is 0.489 e. The Morgan fingerprint density at radius 3 is 2.67 bits per heavy atom. The van der Waals surface area contributed by atoms with Gasteiger partial charge in [0.1, 0.15) is 11.6 Å². The van der Waals surface area contributed by atoms with E-state index in [-0.39, 0.29) is 0 Å². The predicted molar refractivity (Wildman–Crippen MR) is 74.9 cm³/mol. The van der Waals surface area contributed by atoms with E-state index in [0.717, 1.165) is 23.7 Å². The van der Waals surface area contributed by atoms with Crippen molar-refractivity contribution in [3.05, 3.63) is 36.4 Å². The number of nitrogens with zero attached hydrogens (tertiary/aromatic N) is 2. The van der Waals surface area contributed by atoms with Gasteiger partial charge in [-0.3, -0.25) is 4.98 Å². The molecule has 1 aromatic carbocycles. The van der Waals surface area contributed by atoms with E-state index in [4.69, 9.17) is 9.47 Å². The Bertz CT molecular complexity index is 773. The van der Waals surface area contributed by atoms with Crippen LogP contribution >= 0.6 is 0 Å². The van der Waals surface area contributed by atoms with Gasteiger partial charge in [0.2, 0.25) is 0 Å². The summed E-state index contributed by atoms with van der Waals surface area (Å²) in [6, 6.07) is 5.09. The number of pyridine rings is 1. The normalized spacial score (nSPS) is 14.1. The maximum Gasteiger partial charge on any atom is 0.163 e. The summed E-state index contributed by atoms with van der Waals surface area (Å²) in [5, 5.41) is 0. The first-order valence-corrected chi connectivity index (χ1v) is 6.70. The lowest BCUT2D eigenvalue weighted by Crippen LogP contribution is -1.97. The minimum absolute atomic E-state index is 0.393. The van der Waals surface area contributed by atoms with E-state index in [2.05, 4.69) is 15.0 Å². The van der Waals surface area contributed by atoms with Crippen LogP contribution in [0.25, 0.3) is 22.4 Å². The minimum Gasteiger partial charge on any atom is -0.489 e. The Morgan fingerprint density at radius 2 is 1.86 bits per heavy atom. The smallest absolute Gasteiger partial charge is 0.163 e. The van der Waals surface area contributed by atoms with Gasteiger partial charge in [0.25, 0.3) is 0 Å². The van der Waals surface area contributed by atoms with E-state index in [1.807, 2.05) is 12.1 Å². The van der Waals surface area contributed by atoms with Crippen LogP contribution in [0.2, 0.25) is 0 Å². The summed E-state index contributed by atoms with van der Waals surface area (Å²) in [6.07, 6.45) is 3.59. The standard InChI is InChI=1S/C15H12FN3O2/c16-10-4-9(7-17-8-10)15-18-11-5-13-14(6-12(11)19-15)21-3-1-2-20-13/h4-8H,1-3H2,(H,18,19). The second kappa shape index (κ2) is 4.73. The molecule has 4 rings (SSSR count). The molecule has 0 aliphatic carbocycles. The molecular weight excluding hydrogens is 273 g/mol. The highest BCUT2D eigenvalue weighted by Gasteiger charge is 2.14. The van der Waals surface area contributed by atoms with Crippen LogP contribution in [0.15, 0.2) is 30.6 Å². The van der Waals surface area contributed by atoms with Gasteiger partial charge in [-0.05, 0) is 6.07 Å². The minimum atomic E-state index is -0.393. The molecule has 106 valence electrons. The number of benzene rings is 1. The summed E-state index contributed by atoms with van der Waals surface area (Å²) < 4.78 is 24.5. The lowest BCUT2D eigenvalue weighted by molar-refractivity contribution is 0.297. The molecule has 0 fully saturated rings. The zero-order valence-electron chi connectivity index (χ0n) is 11.1. The average molecular weight is 285 g/mol. The first kappa shape index (κ1) is 12.1. The maximum atomic E-state index is 13.3. The lowest BCUT2D eigenvalue weighted by Gasteiger charge is -2.05. The van der Waals surface area contributed by atoms with Crippen molar-refractivity contribution in [1.29, 1.82) is 0 Å². The number of H-pyrrole nitrogens is 1. The van der Waals surface area contributed by atoms with E-state index in [0.29, 0.717) is 36.1 Å². The molecule has 3 heterocycles. The van der Waals surface area contributed by atoms with E-state index in [1.54, 1.807) is 6.20 Å². The number of hydrogen-bond acceptors (Lipinski definition) is 4. The fraction of sp³-hybridized carbons (Fsp3) is 0.200. The Morgan fingerprint density at radius 1 is 1.05 bits per heavy atom. The first-order valence-electron chi connectivity index (χ1n) is 6.70. The second-order valence-electron chi connectivity index (χ2n) is 4.84. The van der Waals surface area contributed by atoms with Crippen molar-refractivity contribution in [2.24, 2.45) is 0 Å². The van der Waals surface area contributed by atoms with Crippen molar-refractivity contribution in [2.45, 2.75) is 6.42 Å². The van der Waals surface area contributed by atoms with E-state index in [9.17, 15) is 4.39 Å². The van der Waals surface area contributed by atoms with Gasteiger partial charge in [-0.2, -0.15) is 0 Å². The molecule has 1 aliphatic heterocycles. The molecule has 5 nitrogen and oxygen atoms in total. The molecule has 0 radical (unpaired) electrons. The number of hydrogen-bond donors (Lipinski definition) is 1. The van der Waals surface area contributed by atoms with Crippen LogP contribution in [0.4, 0.5) is 4.39 Å². The van der Waals surface area contributed by atoms with Crippen molar-refractivity contribution in [1.82, 2.24) is 15.0 Å². The van der Waals surface area contributed by atoms with Crippen molar-refractivity contribution in [3.8, 4) is 22.9 Å². The van der Waals surface area contributed by atoms with Crippen molar-refractivity contribution in [3.63, 3.8) is 0 Å². The number of aromatic nitrogens is 3. The molecule has 6 heteroatoms. The molecule has 0 unspecified atom stereocenters. The molecule has 1 N–H and O–H groups in total. The fourth-order valence-corrected chi connectivity index (χ4v) is 2.34. The molecule has 2 aromatic heterocycles. The van der Waals surface area contributed by atoms with Crippen LogP contribution in [0, 0.1) is 5.82 Å². The van der Waals surface area contributed by atoms with Gasteiger partial charge in [-0.15, -0.1) is 0 Å². The molecule has 0 saturated heterocycles. The van der Waals surface area contributed by atoms with Crippen LogP contribution in [0.1, 0.15) is 6.42 Å². The number of nitrogens with one attached hydrogen (secondary N) is 1. The van der Waals surface area contributed by atoms with Crippen LogP contribution in [0.3, 0.4) is 0 Å². The number of fused-ring (bicyclic) bond motifs is 2. The van der Waals surface area contributed by atoms with Crippen molar-refractivity contribution in [2.75, 3.05) is 13.2 Å². The number of halogens is 1. The quantitative estimate of drug-likeness (QED) is 0.746.